The van der Waals surface area contributed by atoms with Crippen LogP contribution in [0.5, 0.6) is 0 Å². The van der Waals surface area contributed by atoms with Crippen LogP contribution in [0, 0.1) is 3.57 Å². The molecule has 0 bridgehead atoms. The van der Waals surface area contributed by atoms with Gasteiger partial charge in [0.1, 0.15) is 12.3 Å². The van der Waals surface area contributed by atoms with E-state index in [1.165, 1.54) is 0 Å². The number of carbonyl (C=O) groups is 1. The summed E-state index contributed by atoms with van der Waals surface area (Å²) in [6, 6.07) is 12.4. The van der Waals surface area contributed by atoms with E-state index < -0.39 is 0 Å². The number of hydrogen-bond donors (Lipinski definition) is 0. The molecule has 2 aromatic heterocycles. The first-order valence-electron chi connectivity index (χ1n) is 6.15. The van der Waals surface area contributed by atoms with Gasteiger partial charge in [-0.3, -0.25) is 0 Å². The molecule has 0 N–H and O–H groups in total. The number of benzene rings is 1. The van der Waals surface area contributed by atoms with Gasteiger partial charge in [0.05, 0.1) is 11.8 Å². The minimum Gasteiger partial charge on any atom is -0.461 e. The zero-order valence-electron chi connectivity index (χ0n) is 10.8. The number of halogens is 1. The second-order valence-electron chi connectivity index (χ2n) is 4.22. The highest BCUT2D eigenvalue weighted by Gasteiger charge is 2.13. The monoisotopic (exact) mass is 395 g/mol. The van der Waals surface area contributed by atoms with Crippen molar-refractivity contribution < 1.29 is 18.5 Å². The third-order valence-electron chi connectivity index (χ3n) is 2.77. The number of hydrogen-bond acceptors (Lipinski definition) is 5. The van der Waals surface area contributed by atoms with Crippen LogP contribution in [0.2, 0.25) is 0 Å². The molecule has 21 heavy (non-hydrogen) atoms. The Morgan fingerprint density at radius 2 is 2.05 bits per heavy atom. The van der Waals surface area contributed by atoms with Crippen molar-refractivity contribution in [3.63, 3.8) is 0 Å². The predicted octanol–water partition coefficient (Wildman–Crippen LogP) is 3.90. The summed E-state index contributed by atoms with van der Waals surface area (Å²) >= 11 is 2.09. The number of carbonyl (C=O) groups excluding carboxylic acids is 1. The summed E-state index contributed by atoms with van der Waals surface area (Å²) in [6.45, 7) is 0.0496. The molecule has 0 amide bonds. The third-order valence-corrected chi connectivity index (χ3v) is 3.71. The minimum absolute atomic E-state index is 0.0496. The van der Waals surface area contributed by atoms with E-state index in [-0.39, 0.29) is 12.6 Å². The second kappa shape index (κ2) is 6.13. The fourth-order valence-electron chi connectivity index (χ4n) is 1.76. The molecule has 6 heteroatoms. The average Bonchev–Trinajstić information content (AvgIpc) is 3.16. The van der Waals surface area contributed by atoms with Crippen LogP contribution in [0.15, 0.2) is 57.7 Å². The van der Waals surface area contributed by atoms with Gasteiger partial charge in [0, 0.05) is 9.64 Å². The molecule has 106 valence electrons. The fourth-order valence-corrected chi connectivity index (χ4v) is 2.37. The quantitative estimate of drug-likeness (QED) is 0.495. The van der Waals surface area contributed by atoms with Gasteiger partial charge < -0.3 is 13.7 Å². The lowest BCUT2D eigenvalue weighted by Gasteiger charge is -2.03. The maximum absolute atomic E-state index is 12.0. The van der Waals surface area contributed by atoms with E-state index in [1.54, 1.807) is 36.6 Å². The Kier molecular flexibility index (Phi) is 4.05. The van der Waals surface area contributed by atoms with Gasteiger partial charge in [-0.1, -0.05) is 17.3 Å². The van der Waals surface area contributed by atoms with Crippen molar-refractivity contribution in [1.29, 1.82) is 0 Å². The summed E-state index contributed by atoms with van der Waals surface area (Å²) in [5.41, 5.74) is 1.06. The normalized spacial score (nSPS) is 10.5. The predicted molar refractivity (Wildman–Crippen MR) is 82.5 cm³/mol. The number of esters is 1. The largest absolute Gasteiger partial charge is 0.461 e. The lowest BCUT2D eigenvalue weighted by atomic mass is 10.2. The highest BCUT2D eigenvalue weighted by molar-refractivity contribution is 14.1. The van der Waals surface area contributed by atoms with Crippen molar-refractivity contribution in [2.75, 3.05) is 0 Å². The Hall–Kier alpha value is -2.09. The van der Waals surface area contributed by atoms with Crippen molar-refractivity contribution in [3.8, 4) is 11.5 Å². The summed E-state index contributed by atoms with van der Waals surface area (Å²) in [4.78, 5) is 12.0. The van der Waals surface area contributed by atoms with E-state index in [9.17, 15) is 4.79 Å². The van der Waals surface area contributed by atoms with Gasteiger partial charge in [0.2, 0.25) is 5.76 Å². The lowest BCUT2D eigenvalue weighted by molar-refractivity contribution is 0.0463. The molecule has 1 aromatic carbocycles. The Labute approximate surface area is 134 Å². The maximum Gasteiger partial charge on any atom is 0.339 e. The van der Waals surface area contributed by atoms with Gasteiger partial charge in [0.15, 0.2) is 5.76 Å². The zero-order valence-corrected chi connectivity index (χ0v) is 12.9. The van der Waals surface area contributed by atoms with Crippen LogP contribution >= 0.6 is 22.6 Å². The second-order valence-corrected chi connectivity index (χ2v) is 5.38. The van der Waals surface area contributed by atoms with Crippen molar-refractivity contribution in [1.82, 2.24) is 5.16 Å². The van der Waals surface area contributed by atoms with Gasteiger partial charge in [-0.05, 0) is 46.9 Å². The Morgan fingerprint density at radius 3 is 2.81 bits per heavy atom. The van der Waals surface area contributed by atoms with Crippen molar-refractivity contribution >= 4 is 28.6 Å². The number of rotatable bonds is 4. The highest BCUT2D eigenvalue weighted by Crippen LogP contribution is 2.21. The first kappa shape index (κ1) is 13.9. The first-order chi connectivity index (χ1) is 10.2. The fraction of sp³-hybridized carbons (Fsp3) is 0.0667. The molecule has 0 saturated carbocycles. The van der Waals surface area contributed by atoms with Crippen LogP contribution in [0.4, 0.5) is 0 Å². The zero-order chi connectivity index (χ0) is 14.7. The van der Waals surface area contributed by atoms with E-state index in [4.69, 9.17) is 13.7 Å². The van der Waals surface area contributed by atoms with Crippen molar-refractivity contribution in [3.05, 3.63) is 63.6 Å². The SMILES string of the molecule is O=C(OCc1cc(-c2ccco2)on1)c1ccccc1I. The molecule has 0 saturated heterocycles. The van der Waals surface area contributed by atoms with Crippen molar-refractivity contribution in [2.24, 2.45) is 0 Å². The molecule has 0 radical (unpaired) electrons. The first-order valence-corrected chi connectivity index (χ1v) is 7.23. The number of nitrogens with zero attached hydrogens (tertiary/aromatic N) is 1. The lowest BCUT2D eigenvalue weighted by Crippen LogP contribution is -2.07. The minimum atomic E-state index is -0.387. The number of aromatic nitrogens is 1. The summed E-state index contributed by atoms with van der Waals surface area (Å²) in [5.74, 6) is 0.695. The Bertz CT molecular complexity index is 749. The van der Waals surface area contributed by atoms with Gasteiger partial charge in [0.25, 0.3) is 0 Å². The van der Waals surface area contributed by atoms with E-state index in [0.29, 0.717) is 22.8 Å². The van der Waals surface area contributed by atoms with Crippen LogP contribution in [0.3, 0.4) is 0 Å². The summed E-state index contributed by atoms with van der Waals surface area (Å²) in [7, 11) is 0. The van der Waals surface area contributed by atoms with Crippen LogP contribution in [-0.4, -0.2) is 11.1 Å². The van der Waals surface area contributed by atoms with Crippen LogP contribution in [0.25, 0.3) is 11.5 Å². The van der Waals surface area contributed by atoms with Crippen LogP contribution in [0.1, 0.15) is 16.1 Å². The molecule has 0 aliphatic heterocycles. The molecule has 0 fully saturated rings. The molecule has 0 atom stereocenters. The molecule has 0 aliphatic rings. The molecular weight excluding hydrogens is 385 g/mol. The molecule has 3 rings (SSSR count). The summed E-state index contributed by atoms with van der Waals surface area (Å²) in [6.07, 6.45) is 1.55. The maximum atomic E-state index is 12.0. The smallest absolute Gasteiger partial charge is 0.339 e. The van der Waals surface area contributed by atoms with Crippen molar-refractivity contribution in [2.45, 2.75) is 6.61 Å². The highest BCUT2D eigenvalue weighted by atomic mass is 127. The average molecular weight is 395 g/mol. The molecule has 0 spiro atoms. The van der Waals surface area contributed by atoms with Crippen LogP contribution in [-0.2, 0) is 11.3 Å². The Balaban J connectivity index is 1.66. The molecule has 0 unspecified atom stereocenters. The molecular formula is C15H10INO4. The van der Waals surface area contributed by atoms with Gasteiger partial charge in [-0.2, -0.15) is 0 Å². The number of furan rings is 1. The topological polar surface area (TPSA) is 65.5 Å². The molecule has 5 nitrogen and oxygen atoms in total. The van der Waals surface area contributed by atoms with Gasteiger partial charge >= 0.3 is 5.97 Å². The van der Waals surface area contributed by atoms with Gasteiger partial charge in [-0.15, -0.1) is 0 Å². The summed E-state index contributed by atoms with van der Waals surface area (Å²) < 4.78 is 16.4. The number of ether oxygens (including phenoxy) is 1. The van der Waals surface area contributed by atoms with Gasteiger partial charge in [-0.25, -0.2) is 4.79 Å². The standard InChI is InChI=1S/C15H10INO4/c16-12-5-2-1-4-11(12)15(18)20-9-10-8-14(21-17-10)13-6-3-7-19-13/h1-8H,9H2. The molecule has 3 aromatic rings. The molecule has 0 aliphatic carbocycles. The molecule has 2 heterocycles. The summed E-state index contributed by atoms with van der Waals surface area (Å²) in [5, 5.41) is 3.85. The van der Waals surface area contributed by atoms with E-state index in [2.05, 4.69) is 27.7 Å². The van der Waals surface area contributed by atoms with E-state index in [1.807, 2.05) is 12.1 Å². The van der Waals surface area contributed by atoms with Crippen LogP contribution < -0.4 is 0 Å². The van der Waals surface area contributed by atoms with E-state index in [0.717, 1.165) is 3.57 Å². The van der Waals surface area contributed by atoms with E-state index >= 15 is 0 Å². The Morgan fingerprint density at radius 1 is 1.19 bits per heavy atom. The third kappa shape index (κ3) is 3.15.